The average Bonchev–Trinajstić information content (AvgIpc) is 2.15. The number of pyridine rings is 1. The van der Waals surface area contributed by atoms with Crippen molar-refractivity contribution in [1.82, 2.24) is 4.57 Å². The van der Waals surface area contributed by atoms with Gasteiger partial charge in [-0.2, -0.15) is 0 Å². The van der Waals surface area contributed by atoms with Crippen molar-refractivity contribution in [3.8, 4) is 0 Å². The molecule has 1 rings (SSSR count). The van der Waals surface area contributed by atoms with E-state index in [4.69, 9.17) is 0 Å². The highest BCUT2D eigenvalue weighted by Crippen LogP contribution is 2.14. The second-order valence-electron chi connectivity index (χ2n) is 4.33. The van der Waals surface area contributed by atoms with E-state index < -0.39 is 0 Å². The molecule has 3 nitrogen and oxygen atoms in total. The molecule has 1 aromatic heterocycles. The van der Waals surface area contributed by atoms with Crippen molar-refractivity contribution >= 4 is 5.78 Å². The summed E-state index contributed by atoms with van der Waals surface area (Å²) >= 11 is 0. The molecule has 0 bridgehead atoms. The van der Waals surface area contributed by atoms with E-state index in [-0.39, 0.29) is 17.4 Å². The van der Waals surface area contributed by atoms with Crippen molar-refractivity contribution < 1.29 is 4.79 Å². The zero-order chi connectivity index (χ0) is 12.5. The van der Waals surface area contributed by atoms with Gasteiger partial charge in [-0.1, -0.05) is 6.92 Å². The van der Waals surface area contributed by atoms with E-state index in [2.05, 4.69) is 0 Å². The number of rotatable bonds is 3. The van der Waals surface area contributed by atoms with E-state index in [0.29, 0.717) is 5.56 Å². The summed E-state index contributed by atoms with van der Waals surface area (Å²) in [4.78, 5) is 23.6. The quantitative estimate of drug-likeness (QED) is 0.736. The minimum atomic E-state index is -0.153. The Morgan fingerprint density at radius 3 is 2.44 bits per heavy atom. The Labute approximate surface area is 96.1 Å². The van der Waals surface area contributed by atoms with Crippen LogP contribution < -0.4 is 5.56 Å². The normalized spacial score (nSPS) is 12.6. The van der Waals surface area contributed by atoms with E-state index in [1.807, 2.05) is 33.8 Å². The Morgan fingerprint density at radius 1 is 1.44 bits per heavy atom. The molecule has 0 spiro atoms. The average molecular weight is 221 g/mol. The summed E-state index contributed by atoms with van der Waals surface area (Å²) in [5.74, 6) is -0.153. The highest BCUT2D eigenvalue weighted by molar-refractivity contribution is 5.95. The fraction of sp³-hybridized carbons (Fsp3) is 0.538. The molecule has 88 valence electrons. The molecule has 3 heteroatoms. The Bertz CT molecular complexity index is 472. The summed E-state index contributed by atoms with van der Waals surface area (Å²) in [6, 6.07) is 2.04. The van der Waals surface area contributed by atoms with Crippen molar-refractivity contribution in [2.75, 3.05) is 0 Å². The molecule has 0 N–H and O–H groups in total. The SMILES string of the molecule is CCC(C)n1c(C)cc(C)c(C(C)=O)c1=O. The summed E-state index contributed by atoms with van der Waals surface area (Å²) in [6.07, 6.45) is 0.876. The number of carbonyl (C=O) groups excluding carboxylic acids is 1. The number of nitrogens with zero attached hydrogens (tertiary/aromatic N) is 1. The van der Waals surface area contributed by atoms with Crippen LogP contribution in [-0.2, 0) is 0 Å². The van der Waals surface area contributed by atoms with Gasteiger partial charge in [-0.25, -0.2) is 0 Å². The molecular formula is C13H19NO2. The van der Waals surface area contributed by atoms with Gasteiger partial charge in [0.1, 0.15) is 0 Å². The Balaban J connectivity index is 3.58. The number of aromatic nitrogens is 1. The largest absolute Gasteiger partial charge is 0.310 e. The van der Waals surface area contributed by atoms with Gasteiger partial charge in [-0.3, -0.25) is 9.59 Å². The number of ketones is 1. The first-order valence-electron chi connectivity index (χ1n) is 5.63. The molecule has 1 aromatic rings. The van der Waals surface area contributed by atoms with Gasteiger partial charge in [0.2, 0.25) is 0 Å². The summed E-state index contributed by atoms with van der Waals surface area (Å²) in [6.45, 7) is 9.19. The predicted molar refractivity (Wildman–Crippen MR) is 65.2 cm³/mol. The second-order valence-corrected chi connectivity index (χ2v) is 4.33. The van der Waals surface area contributed by atoms with Crippen molar-refractivity contribution in [2.24, 2.45) is 0 Å². The third-order valence-corrected chi connectivity index (χ3v) is 3.02. The molecule has 0 aliphatic carbocycles. The maximum Gasteiger partial charge on any atom is 0.262 e. The zero-order valence-corrected chi connectivity index (χ0v) is 10.6. The number of aryl methyl sites for hydroxylation is 2. The van der Waals surface area contributed by atoms with E-state index in [1.165, 1.54) is 6.92 Å². The van der Waals surface area contributed by atoms with E-state index >= 15 is 0 Å². The van der Waals surface area contributed by atoms with E-state index in [1.54, 1.807) is 4.57 Å². The van der Waals surface area contributed by atoms with Gasteiger partial charge in [0.15, 0.2) is 5.78 Å². The van der Waals surface area contributed by atoms with Crippen molar-refractivity contribution in [1.29, 1.82) is 0 Å². The summed E-state index contributed by atoms with van der Waals surface area (Å²) in [5.41, 5.74) is 1.86. The van der Waals surface area contributed by atoms with Crippen LogP contribution in [0.3, 0.4) is 0 Å². The fourth-order valence-corrected chi connectivity index (χ4v) is 2.06. The number of Topliss-reactive ketones (excluding diaryl/α,β-unsaturated/α-hetero) is 1. The highest BCUT2D eigenvalue weighted by atomic mass is 16.1. The first kappa shape index (κ1) is 12.7. The Hall–Kier alpha value is -1.38. The Morgan fingerprint density at radius 2 is 2.00 bits per heavy atom. The molecule has 0 fully saturated rings. The van der Waals surface area contributed by atoms with Crippen LogP contribution in [0, 0.1) is 13.8 Å². The lowest BCUT2D eigenvalue weighted by atomic mass is 10.1. The summed E-state index contributed by atoms with van der Waals surface area (Å²) in [7, 11) is 0. The molecule has 0 aliphatic rings. The van der Waals surface area contributed by atoms with Gasteiger partial charge in [0.05, 0.1) is 5.56 Å². The van der Waals surface area contributed by atoms with Gasteiger partial charge in [-0.15, -0.1) is 0 Å². The van der Waals surface area contributed by atoms with Crippen LogP contribution in [-0.4, -0.2) is 10.4 Å². The van der Waals surface area contributed by atoms with Crippen LogP contribution >= 0.6 is 0 Å². The monoisotopic (exact) mass is 221 g/mol. The molecule has 0 saturated heterocycles. The zero-order valence-electron chi connectivity index (χ0n) is 10.6. The number of carbonyl (C=O) groups is 1. The molecular weight excluding hydrogens is 202 g/mol. The maximum atomic E-state index is 12.2. The first-order chi connectivity index (χ1) is 7.40. The molecule has 0 aromatic carbocycles. The van der Waals surface area contributed by atoms with Gasteiger partial charge < -0.3 is 4.57 Å². The standard InChI is InChI=1S/C13H19NO2/c1-6-9(3)14-10(4)7-8(2)12(11(5)15)13(14)16/h7,9H,6H2,1-5H3. The Kier molecular flexibility index (Phi) is 3.68. The van der Waals surface area contributed by atoms with E-state index in [9.17, 15) is 9.59 Å². The van der Waals surface area contributed by atoms with Crippen molar-refractivity contribution in [2.45, 2.75) is 47.1 Å². The fourth-order valence-electron chi connectivity index (χ4n) is 2.06. The number of hydrogen-bond donors (Lipinski definition) is 0. The second kappa shape index (κ2) is 4.64. The predicted octanol–water partition coefficient (Wildman–Crippen LogP) is 2.64. The molecule has 1 atom stereocenters. The van der Waals surface area contributed by atoms with Crippen LogP contribution in [0.15, 0.2) is 10.9 Å². The molecule has 1 heterocycles. The minimum Gasteiger partial charge on any atom is -0.310 e. The lowest BCUT2D eigenvalue weighted by molar-refractivity contribution is 0.101. The first-order valence-corrected chi connectivity index (χ1v) is 5.63. The third kappa shape index (κ3) is 2.08. The van der Waals surface area contributed by atoms with Crippen molar-refractivity contribution in [3.05, 3.63) is 33.2 Å². The summed E-state index contributed by atoms with van der Waals surface area (Å²) in [5, 5.41) is 0. The van der Waals surface area contributed by atoms with Gasteiger partial charge in [-0.05, 0) is 45.7 Å². The lowest BCUT2D eigenvalue weighted by Crippen LogP contribution is -2.30. The highest BCUT2D eigenvalue weighted by Gasteiger charge is 2.16. The molecule has 1 unspecified atom stereocenters. The third-order valence-electron chi connectivity index (χ3n) is 3.02. The number of hydrogen-bond acceptors (Lipinski definition) is 2. The lowest BCUT2D eigenvalue weighted by Gasteiger charge is -2.18. The van der Waals surface area contributed by atoms with Gasteiger partial charge in [0, 0.05) is 11.7 Å². The van der Waals surface area contributed by atoms with Crippen LogP contribution in [0.5, 0.6) is 0 Å². The molecule has 0 amide bonds. The van der Waals surface area contributed by atoms with Gasteiger partial charge >= 0.3 is 0 Å². The van der Waals surface area contributed by atoms with Crippen LogP contribution in [0.4, 0.5) is 0 Å². The van der Waals surface area contributed by atoms with Crippen molar-refractivity contribution in [3.63, 3.8) is 0 Å². The van der Waals surface area contributed by atoms with Crippen LogP contribution in [0.2, 0.25) is 0 Å². The van der Waals surface area contributed by atoms with E-state index in [0.717, 1.165) is 17.7 Å². The maximum absolute atomic E-state index is 12.2. The van der Waals surface area contributed by atoms with Gasteiger partial charge in [0.25, 0.3) is 5.56 Å². The summed E-state index contributed by atoms with van der Waals surface area (Å²) < 4.78 is 1.71. The van der Waals surface area contributed by atoms with Crippen LogP contribution in [0.1, 0.15) is 54.8 Å². The van der Waals surface area contributed by atoms with Crippen LogP contribution in [0.25, 0.3) is 0 Å². The smallest absolute Gasteiger partial charge is 0.262 e. The molecule has 0 radical (unpaired) electrons. The minimum absolute atomic E-state index is 0.131. The molecule has 16 heavy (non-hydrogen) atoms. The topological polar surface area (TPSA) is 39.1 Å². The molecule has 0 saturated carbocycles. The molecule has 0 aliphatic heterocycles.